The number of hydrogen-bond donors (Lipinski definition) is 1. The van der Waals surface area contributed by atoms with Gasteiger partial charge in [-0.15, -0.1) is 11.3 Å². The van der Waals surface area contributed by atoms with Crippen LogP contribution in [0.15, 0.2) is 36.4 Å². The number of thiazole rings is 1. The molecule has 8 nitrogen and oxygen atoms in total. The Hall–Kier alpha value is -3.11. The molecule has 0 saturated carbocycles. The maximum atomic E-state index is 12.9. The largest absolute Gasteiger partial charge is 0.493 e. The van der Waals surface area contributed by atoms with Gasteiger partial charge in [-0.2, -0.15) is 0 Å². The Kier molecular flexibility index (Phi) is 5.83. The van der Waals surface area contributed by atoms with E-state index in [2.05, 4.69) is 10.3 Å². The molecule has 32 heavy (non-hydrogen) atoms. The maximum absolute atomic E-state index is 12.9. The lowest BCUT2D eigenvalue weighted by Gasteiger charge is -2.16. The van der Waals surface area contributed by atoms with Crippen molar-refractivity contribution >= 4 is 38.1 Å². The Morgan fingerprint density at radius 2 is 1.97 bits per heavy atom. The molecule has 3 aromatic rings. The number of anilines is 2. The van der Waals surface area contributed by atoms with E-state index in [1.165, 1.54) is 36.1 Å². The van der Waals surface area contributed by atoms with Crippen molar-refractivity contribution in [1.82, 2.24) is 4.98 Å². The van der Waals surface area contributed by atoms with E-state index in [1.54, 1.807) is 18.2 Å². The molecular weight excluding hydrogens is 450 g/mol. The number of rotatable bonds is 6. The minimum Gasteiger partial charge on any atom is -0.493 e. The summed E-state index contributed by atoms with van der Waals surface area (Å²) in [6, 6.07) is 10.8. The molecule has 0 saturated heterocycles. The lowest BCUT2D eigenvalue weighted by atomic mass is 10.1. The number of nitrogens with zero attached hydrogens (tertiary/aromatic N) is 2. The second kappa shape index (κ2) is 8.44. The summed E-state index contributed by atoms with van der Waals surface area (Å²) in [6.45, 7) is 2.38. The standard InChI is InChI=1S/C22H23N3O5S2/c1-13-19(15-8-9-17-14(12-15)10-11-25(17)32(4,27)28)23-22(31-13)24-21(26)16-6-5-7-18(29-2)20(16)30-3/h5-9,12H,10-11H2,1-4H3,(H,23,24,26). The second-order valence-electron chi connectivity index (χ2n) is 7.35. The van der Waals surface area contributed by atoms with Crippen molar-refractivity contribution in [2.24, 2.45) is 0 Å². The third kappa shape index (κ3) is 4.03. The van der Waals surface area contributed by atoms with Gasteiger partial charge in [-0.3, -0.25) is 14.4 Å². The van der Waals surface area contributed by atoms with Gasteiger partial charge in [-0.25, -0.2) is 13.4 Å². The van der Waals surface area contributed by atoms with E-state index in [9.17, 15) is 13.2 Å². The van der Waals surface area contributed by atoms with Crippen LogP contribution in [0.3, 0.4) is 0 Å². The molecule has 1 aliphatic heterocycles. The minimum absolute atomic E-state index is 0.347. The summed E-state index contributed by atoms with van der Waals surface area (Å²) in [4.78, 5) is 18.4. The van der Waals surface area contributed by atoms with Crippen molar-refractivity contribution in [1.29, 1.82) is 0 Å². The first-order chi connectivity index (χ1) is 15.2. The molecule has 0 bridgehead atoms. The Morgan fingerprint density at radius 1 is 1.19 bits per heavy atom. The van der Waals surface area contributed by atoms with E-state index in [-0.39, 0.29) is 5.91 Å². The van der Waals surface area contributed by atoms with E-state index >= 15 is 0 Å². The van der Waals surface area contributed by atoms with Crippen LogP contribution in [0.25, 0.3) is 11.3 Å². The number of carbonyl (C=O) groups is 1. The number of ether oxygens (including phenoxy) is 2. The quantitative estimate of drug-likeness (QED) is 0.586. The highest BCUT2D eigenvalue weighted by Gasteiger charge is 2.27. The van der Waals surface area contributed by atoms with E-state index in [0.717, 1.165) is 21.7 Å². The number of fused-ring (bicyclic) bond motifs is 1. The summed E-state index contributed by atoms with van der Waals surface area (Å²) in [5.41, 5.74) is 3.66. The average Bonchev–Trinajstić information content (AvgIpc) is 3.35. The zero-order valence-electron chi connectivity index (χ0n) is 18.1. The molecule has 0 fully saturated rings. The average molecular weight is 474 g/mol. The Labute approximate surface area is 190 Å². The van der Waals surface area contributed by atoms with Gasteiger partial charge in [0, 0.05) is 17.0 Å². The molecule has 0 radical (unpaired) electrons. The van der Waals surface area contributed by atoms with Crippen molar-refractivity contribution in [2.45, 2.75) is 13.3 Å². The van der Waals surface area contributed by atoms with Gasteiger partial charge in [0.15, 0.2) is 16.6 Å². The second-order valence-corrected chi connectivity index (χ2v) is 10.5. The third-order valence-electron chi connectivity index (χ3n) is 5.27. The summed E-state index contributed by atoms with van der Waals surface area (Å²) < 4.78 is 36.0. The Bertz CT molecular complexity index is 1300. The van der Waals surface area contributed by atoms with Crippen molar-refractivity contribution in [2.75, 3.05) is 36.6 Å². The van der Waals surface area contributed by atoms with Crippen LogP contribution in [-0.4, -0.2) is 46.3 Å². The third-order valence-corrected chi connectivity index (χ3v) is 7.34. The first-order valence-electron chi connectivity index (χ1n) is 9.83. The summed E-state index contributed by atoms with van der Waals surface area (Å²) in [5.74, 6) is 0.478. The molecule has 0 aliphatic carbocycles. The normalized spacial score (nSPS) is 13.1. The first-order valence-corrected chi connectivity index (χ1v) is 12.5. The fraction of sp³-hybridized carbons (Fsp3) is 0.273. The summed E-state index contributed by atoms with van der Waals surface area (Å²) in [5, 5.41) is 3.30. The monoisotopic (exact) mass is 473 g/mol. The van der Waals surface area contributed by atoms with Crippen molar-refractivity contribution in [3.63, 3.8) is 0 Å². The number of carbonyl (C=O) groups excluding carboxylic acids is 1. The Morgan fingerprint density at radius 3 is 2.66 bits per heavy atom. The van der Waals surface area contributed by atoms with Crippen LogP contribution in [0.1, 0.15) is 20.8 Å². The molecule has 0 spiro atoms. The summed E-state index contributed by atoms with van der Waals surface area (Å²) in [6.07, 6.45) is 1.87. The highest BCUT2D eigenvalue weighted by Crippen LogP contribution is 2.37. The minimum atomic E-state index is -3.30. The molecule has 1 amide bonds. The van der Waals surface area contributed by atoms with Gasteiger partial charge < -0.3 is 9.47 Å². The molecule has 168 valence electrons. The van der Waals surface area contributed by atoms with Gasteiger partial charge in [-0.1, -0.05) is 12.1 Å². The van der Waals surface area contributed by atoms with Gasteiger partial charge in [0.05, 0.1) is 37.4 Å². The fourth-order valence-corrected chi connectivity index (χ4v) is 5.60. The van der Waals surface area contributed by atoms with Gasteiger partial charge in [0.1, 0.15) is 0 Å². The molecule has 10 heteroatoms. The fourth-order valence-electron chi connectivity index (χ4n) is 3.81. The van der Waals surface area contributed by atoms with Crippen LogP contribution in [0.4, 0.5) is 10.8 Å². The topological polar surface area (TPSA) is 97.8 Å². The smallest absolute Gasteiger partial charge is 0.261 e. The maximum Gasteiger partial charge on any atom is 0.261 e. The number of methoxy groups -OCH3 is 2. The van der Waals surface area contributed by atoms with Crippen LogP contribution in [0.5, 0.6) is 11.5 Å². The highest BCUT2D eigenvalue weighted by atomic mass is 32.2. The highest BCUT2D eigenvalue weighted by molar-refractivity contribution is 7.92. The number of hydrogen-bond acceptors (Lipinski definition) is 7. The predicted octanol–water partition coefficient (Wildman–Crippen LogP) is 3.71. The molecule has 1 aromatic heterocycles. The van der Waals surface area contributed by atoms with E-state index in [4.69, 9.17) is 9.47 Å². The molecule has 2 aromatic carbocycles. The number of aryl methyl sites for hydroxylation is 1. The molecule has 0 atom stereocenters. The van der Waals surface area contributed by atoms with E-state index in [1.807, 2.05) is 25.1 Å². The first kappa shape index (κ1) is 22.1. The van der Waals surface area contributed by atoms with Gasteiger partial charge >= 0.3 is 0 Å². The summed E-state index contributed by atoms with van der Waals surface area (Å²) >= 11 is 1.37. The molecule has 0 unspecified atom stereocenters. The van der Waals surface area contributed by atoms with Gasteiger partial charge in [-0.05, 0) is 43.2 Å². The van der Waals surface area contributed by atoms with Crippen LogP contribution >= 0.6 is 11.3 Å². The lowest BCUT2D eigenvalue weighted by Crippen LogP contribution is -2.27. The molecular formula is C22H23N3O5S2. The Balaban J connectivity index is 1.60. The SMILES string of the molecule is COc1cccc(C(=O)Nc2nc(-c3ccc4c(c3)CCN4S(C)(=O)=O)c(C)s2)c1OC. The number of sulfonamides is 1. The van der Waals surface area contributed by atoms with Gasteiger partial charge in [0.2, 0.25) is 10.0 Å². The molecule has 1 N–H and O–H groups in total. The van der Waals surface area contributed by atoms with E-state index < -0.39 is 10.0 Å². The number of amides is 1. The van der Waals surface area contributed by atoms with Crippen LogP contribution in [0.2, 0.25) is 0 Å². The molecule has 4 rings (SSSR count). The zero-order chi connectivity index (χ0) is 23.0. The lowest BCUT2D eigenvalue weighted by molar-refractivity contribution is 0.102. The van der Waals surface area contributed by atoms with Crippen molar-refractivity contribution in [3.05, 3.63) is 52.4 Å². The van der Waals surface area contributed by atoms with Crippen molar-refractivity contribution in [3.8, 4) is 22.8 Å². The number of benzene rings is 2. The van der Waals surface area contributed by atoms with Crippen LogP contribution in [-0.2, 0) is 16.4 Å². The summed E-state index contributed by atoms with van der Waals surface area (Å²) in [7, 11) is -0.294. The zero-order valence-corrected chi connectivity index (χ0v) is 19.8. The van der Waals surface area contributed by atoms with Gasteiger partial charge in [0.25, 0.3) is 5.91 Å². The number of para-hydroxylation sites is 1. The number of nitrogens with one attached hydrogen (secondary N) is 1. The van der Waals surface area contributed by atoms with Crippen LogP contribution in [0, 0.1) is 6.92 Å². The van der Waals surface area contributed by atoms with Crippen molar-refractivity contribution < 1.29 is 22.7 Å². The van der Waals surface area contributed by atoms with E-state index in [0.29, 0.717) is 40.8 Å². The molecule has 1 aliphatic rings. The molecule has 2 heterocycles. The number of aromatic nitrogens is 1. The van der Waals surface area contributed by atoms with Crippen LogP contribution < -0.4 is 19.1 Å². The predicted molar refractivity (Wildman–Crippen MR) is 126 cm³/mol.